The van der Waals surface area contributed by atoms with Crippen molar-refractivity contribution in [3.63, 3.8) is 0 Å². The highest BCUT2D eigenvalue weighted by Gasteiger charge is 2.37. The van der Waals surface area contributed by atoms with Crippen LogP contribution in [-0.4, -0.2) is 48.3 Å². The Hall–Kier alpha value is -2.23. The number of hydrogen-bond donors (Lipinski definition) is 2. The summed E-state index contributed by atoms with van der Waals surface area (Å²) in [6.45, 7) is 3.75. The van der Waals surface area contributed by atoms with E-state index in [2.05, 4.69) is 5.32 Å². The van der Waals surface area contributed by atoms with Crippen molar-refractivity contribution in [2.75, 3.05) is 11.9 Å². The topological polar surface area (TPSA) is 86.9 Å². The lowest BCUT2D eigenvalue weighted by molar-refractivity contribution is -0.124. The van der Waals surface area contributed by atoms with Gasteiger partial charge in [0.05, 0.1) is 23.1 Å². The third-order valence-corrected chi connectivity index (χ3v) is 7.51. The Labute approximate surface area is 196 Å². The van der Waals surface area contributed by atoms with Gasteiger partial charge in [-0.05, 0) is 43.9 Å². The van der Waals surface area contributed by atoms with Crippen molar-refractivity contribution in [1.29, 1.82) is 0 Å². The Balaban J connectivity index is 1.79. The summed E-state index contributed by atoms with van der Waals surface area (Å²) >= 11 is 6.78. The molecule has 2 aromatic rings. The number of aliphatic hydroxyl groups excluding tert-OH is 1. The maximum atomic E-state index is 13.4. The lowest BCUT2D eigenvalue weighted by Crippen LogP contribution is -2.39. The van der Waals surface area contributed by atoms with Crippen LogP contribution in [0.1, 0.15) is 56.6 Å². The minimum Gasteiger partial charge on any atom is -0.394 e. The summed E-state index contributed by atoms with van der Waals surface area (Å²) in [5, 5.41) is 12.9. The van der Waals surface area contributed by atoms with Gasteiger partial charge in [0, 0.05) is 12.2 Å². The smallest absolute Gasteiger partial charge is 0.267 e. The van der Waals surface area contributed by atoms with Gasteiger partial charge in [-0.3, -0.25) is 18.9 Å². The Morgan fingerprint density at radius 1 is 1.34 bits per heavy atom. The second-order valence-electron chi connectivity index (χ2n) is 8.34. The standard InChI is InChI=1S/C23H28N4O3S2/c1-3-15(13-28)24-19-17(21(29)26-11-7-8-14(2)20(26)25-19)12-18-22(30)27(23(31)32-18)16-9-5-4-6-10-16/h7-8,11-12,15-16,24,28H,3-6,9-10,13H2,1-2H3/b18-12-/t15-/m1/s1. The van der Waals surface area contributed by atoms with Gasteiger partial charge in [-0.1, -0.05) is 56.2 Å². The molecule has 4 rings (SSSR count). The number of anilines is 1. The monoisotopic (exact) mass is 472 g/mol. The number of hydrogen-bond acceptors (Lipinski definition) is 7. The van der Waals surface area contributed by atoms with Gasteiger partial charge < -0.3 is 10.4 Å². The van der Waals surface area contributed by atoms with Gasteiger partial charge >= 0.3 is 0 Å². The first kappa shape index (κ1) is 22.9. The summed E-state index contributed by atoms with van der Waals surface area (Å²) in [5.41, 5.74) is 1.43. The van der Waals surface area contributed by atoms with Gasteiger partial charge in [-0.15, -0.1) is 0 Å². The molecule has 1 aliphatic heterocycles. The largest absolute Gasteiger partial charge is 0.394 e. The number of thioether (sulfide) groups is 1. The Morgan fingerprint density at radius 3 is 2.78 bits per heavy atom. The van der Waals surface area contributed by atoms with E-state index in [9.17, 15) is 14.7 Å². The van der Waals surface area contributed by atoms with Gasteiger partial charge in [0.25, 0.3) is 11.5 Å². The van der Waals surface area contributed by atoms with Crippen LogP contribution < -0.4 is 10.9 Å². The van der Waals surface area contributed by atoms with Crippen LogP contribution in [0.2, 0.25) is 0 Å². The van der Waals surface area contributed by atoms with Crippen molar-refractivity contribution >= 4 is 51.7 Å². The molecule has 0 spiro atoms. The van der Waals surface area contributed by atoms with Gasteiger partial charge in [-0.25, -0.2) is 4.98 Å². The van der Waals surface area contributed by atoms with E-state index in [0.29, 0.717) is 32.7 Å². The molecule has 1 amide bonds. The maximum Gasteiger partial charge on any atom is 0.267 e. The summed E-state index contributed by atoms with van der Waals surface area (Å²) in [6, 6.07) is 3.58. The zero-order valence-corrected chi connectivity index (χ0v) is 20.0. The van der Waals surface area contributed by atoms with Crippen molar-refractivity contribution in [3.8, 4) is 0 Å². The number of rotatable bonds is 6. The number of aliphatic hydroxyl groups is 1. The van der Waals surface area contributed by atoms with Crippen molar-refractivity contribution in [3.05, 3.63) is 44.7 Å². The number of thiocarbonyl (C=S) groups is 1. The summed E-state index contributed by atoms with van der Waals surface area (Å²) in [7, 11) is 0. The highest BCUT2D eigenvalue weighted by Crippen LogP contribution is 2.37. The number of amides is 1. The van der Waals surface area contributed by atoms with Crippen molar-refractivity contribution < 1.29 is 9.90 Å². The fourth-order valence-electron chi connectivity index (χ4n) is 4.29. The molecule has 0 radical (unpaired) electrons. The van der Waals surface area contributed by atoms with Crippen LogP contribution in [0.5, 0.6) is 0 Å². The number of carbonyl (C=O) groups is 1. The molecule has 2 N–H and O–H groups in total. The summed E-state index contributed by atoms with van der Waals surface area (Å²) in [4.78, 5) is 33.5. The van der Waals surface area contributed by atoms with E-state index in [1.807, 2.05) is 19.9 Å². The van der Waals surface area contributed by atoms with E-state index in [0.717, 1.165) is 31.2 Å². The number of nitrogens with one attached hydrogen (secondary N) is 1. The Bertz CT molecular complexity index is 1130. The Morgan fingerprint density at radius 2 is 2.09 bits per heavy atom. The van der Waals surface area contributed by atoms with E-state index < -0.39 is 0 Å². The number of pyridine rings is 1. The molecule has 7 nitrogen and oxygen atoms in total. The van der Waals surface area contributed by atoms with Crippen molar-refractivity contribution in [2.45, 2.75) is 64.5 Å². The molecular weight excluding hydrogens is 444 g/mol. The maximum absolute atomic E-state index is 13.4. The molecule has 170 valence electrons. The Kier molecular flexibility index (Phi) is 6.97. The SMILES string of the molecule is CC[C@H](CO)Nc1nc2c(C)cccn2c(=O)c1/C=C1\SC(=S)N(C2CCCCC2)C1=O. The third-order valence-electron chi connectivity index (χ3n) is 6.18. The second-order valence-corrected chi connectivity index (χ2v) is 10.0. The molecule has 1 atom stereocenters. The minimum atomic E-state index is -0.267. The molecule has 2 aromatic heterocycles. The molecule has 2 aliphatic rings. The molecule has 1 saturated carbocycles. The lowest BCUT2D eigenvalue weighted by atomic mass is 9.94. The summed E-state index contributed by atoms with van der Waals surface area (Å²) < 4.78 is 2.04. The lowest BCUT2D eigenvalue weighted by Gasteiger charge is -2.29. The van der Waals surface area contributed by atoms with E-state index in [4.69, 9.17) is 17.2 Å². The molecule has 0 bridgehead atoms. The number of aromatic nitrogens is 2. The fraction of sp³-hybridized carbons (Fsp3) is 0.478. The number of fused-ring (bicyclic) bond motifs is 1. The van der Waals surface area contributed by atoms with Crippen LogP contribution in [0.4, 0.5) is 5.82 Å². The highest BCUT2D eigenvalue weighted by atomic mass is 32.2. The van der Waals surface area contributed by atoms with Gasteiger partial charge in [-0.2, -0.15) is 0 Å². The van der Waals surface area contributed by atoms with Crippen LogP contribution in [0, 0.1) is 6.92 Å². The normalized spacial score (nSPS) is 19.8. The first-order chi connectivity index (χ1) is 15.4. The number of carbonyl (C=O) groups excluding carboxylic acids is 1. The van der Waals surface area contributed by atoms with Gasteiger partial charge in [0.15, 0.2) is 0 Å². The molecular formula is C23H28N4O3S2. The third kappa shape index (κ3) is 4.33. The van der Waals surface area contributed by atoms with Crippen LogP contribution in [0.15, 0.2) is 28.0 Å². The zero-order chi connectivity index (χ0) is 22.8. The minimum absolute atomic E-state index is 0.0887. The second kappa shape index (κ2) is 9.72. The predicted molar refractivity (Wildman–Crippen MR) is 133 cm³/mol. The van der Waals surface area contributed by atoms with E-state index in [1.54, 1.807) is 23.2 Å². The average molecular weight is 473 g/mol. The van der Waals surface area contributed by atoms with Crippen molar-refractivity contribution in [2.24, 2.45) is 0 Å². The molecule has 0 unspecified atom stereocenters. The van der Waals surface area contributed by atoms with Crippen LogP contribution in [0.3, 0.4) is 0 Å². The first-order valence-electron chi connectivity index (χ1n) is 11.1. The molecule has 1 saturated heterocycles. The number of nitrogens with zero attached hydrogens (tertiary/aromatic N) is 3. The zero-order valence-electron chi connectivity index (χ0n) is 18.3. The average Bonchev–Trinajstić information content (AvgIpc) is 3.08. The fourth-order valence-corrected chi connectivity index (χ4v) is 5.67. The molecule has 1 aliphatic carbocycles. The molecule has 0 aromatic carbocycles. The van der Waals surface area contributed by atoms with Crippen LogP contribution in [0.25, 0.3) is 11.7 Å². The molecule has 2 fully saturated rings. The van der Waals surface area contributed by atoms with Crippen LogP contribution >= 0.6 is 24.0 Å². The van der Waals surface area contributed by atoms with Gasteiger partial charge in [0.2, 0.25) is 0 Å². The van der Waals surface area contributed by atoms with Gasteiger partial charge in [0.1, 0.15) is 15.8 Å². The number of aryl methyl sites for hydroxylation is 1. The van der Waals surface area contributed by atoms with E-state index in [-0.39, 0.29) is 30.2 Å². The highest BCUT2D eigenvalue weighted by molar-refractivity contribution is 8.26. The van der Waals surface area contributed by atoms with Crippen LogP contribution in [-0.2, 0) is 4.79 Å². The molecule has 32 heavy (non-hydrogen) atoms. The predicted octanol–water partition coefficient (Wildman–Crippen LogP) is 3.72. The van der Waals surface area contributed by atoms with Crippen molar-refractivity contribution in [1.82, 2.24) is 14.3 Å². The first-order valence-corrected chi connectivity index (χ1v) is 12.3. The summed E-state index contributed by atoms with van der Waals surface area (Å²) in [6.07, 6.45) is 9.26. The molecule has 9 heteroatoms. The van der Waals surface area contributed by atoms with E-state index in [1.165, 1.54) is 22.6 Å². The molecule has 3 heterocycles. The summed E-state index contributed by atoms with van der Waals surface area (Å²) in [5.74, 6) is 0.230. The quantitative estimate of drug-likeness (QED) is 0.489. The van der Waals surface area contributed by atoms with E-state index >= 15 is 0 Å².